The molecular formula is C24H29ClN4OSi. The average Bonchev–Trinajstić information content (AvgIpc) is 3.07. The summed E-state index contributed by atoms with van der Waals surface area (Å²) in [6, 6.07) is 11.3. The Balaban J connectivity index is 1.76. The van der Waals surface area contributed by atoms with Crippen LogP contribution in [0.15, 0.2) is 30.3 Å². The summed E-state index contributed by atoms with van der Waals surface area (Å²) in [6.07, 6.45) is 1.01. The Labute approximate surface area is 190 Å². The molecule has 0 saturated carbocycles. The van der Waals surface area contributed by atoms with Crippen LogP contribution in [-0.4, -0.2) is 31.0 Å². The van der Waals surface area contributed by atoms with Crippen LogP contribution in [0, 0.1) is 13.5 Å². The molecule has 0 radical (unpaired) electrons. The highest BCUT2D eigenvalue weighted by Gasteiger charge is 2.27. The fourth-order valence-corrected chi connectivity index (χ4v) is 5.13. The number of ether oxygens (including phenoxy) is 1. The molecule has 1 unspecified atom stereocenters. The van der Waals surface area contributed by atoms with Gasteiger partial charge in [-0.1, -0.05) is 49.4 Å². The van der Waals surface area contributed by atoms with Gasteiger partial charge in [-0.15, -0.1) is 0 Å². The first-order valence-corrected chi connectivity index (χ1v) is 14.8. The van der Waals surface area contributed by atoms with Gasteiger partial charge in [-0.3, -0.25) is 0 Å². The van der Waals surface area contributed by atoms with Crippen LogP contribution in [0.3, 0.4) is 0 Å². The first-order valence-electron chi connectivity index (χ1n) is 10.8. The molecule has 0 spiro atoms. The molecule has 5 nitrogen and oxygen atoms in total. The smallest absolute Gasteiger partial charge is 0.207 e. The highest BCUT2D eigenvalue weighted by molar-refractivity contribution is 6.76. The highest BCUT2D eigenvalue weighted by Crippen LogP contribution is 2.37. The van der Waals surface area contributed by atoms with E-state index in [-0.39, 0.29) is 6.04 Å². The van der Waals surface area contributed by atoms with Crippen molar-refractivity contribution in [1.82, 2.24) is 15.1 Å². The lowest BCUT2D eigenvalue weighted by molar-refractivity contribution is 0.0812. The number of nitrogens with one attached hydrogen (secondary N) is 1. The van der Waals surface area contributed by atoms with Gasteiger partial charge in [0.2, 0.25) is 5.69 Å². The van der Waals surface area contributed by atoms with Gasteiger partial charge < -0.3 is 10.1 Å². The second kappa shape index (κ2) is 8.76. The third kappa shape index (κ3) is 4.56. The molecule has 0 aliphatic carbocycles. The average molecular weight is 453 g/mol. The van der Waals surface area contributed by atoms with Crippen LogP contribution in [0.4, 0.5) is 5.69 Å². The van der Waals surface area contributed by atoms with Crippen LogP contribution in [0.25, 0.3) is 15.7 Å². The Bertz CT molecular complexity index is 1160. The Hall–Kier alpha value is -2.17. The summed E-state index contributed by atoms with van der Waals surface area (Å²) in [7, 11) is -1.16. The predicted octanol–water partition coefficient (Wildman–Crippen LogP) is 6.10. The van der Waals surface area contributed by atoms with Gasteiger partial charge in [0.15, 0.2) is 0 Å². The molecule has 0 fully saturated rings. The maximum absolute atomic E-state index is 7.46. The van der Waals surface area contributed by atoms with Crippen molar-refractivity contribution in [3.8, 4) is 0 Å². The topological polar surface area (TPSA) is 43.4 Å². The SMILES string of the molecule is [C-]#[N+]c1cc2c(cc1Cl)c(C1NCCc3c(C)cccc31)nn2COCC[Si](C)(C)C. The minimum atomic E-state index is -1.16. The minimum absolute atomic E-state index is 0.00996. The van der Waals surface area contributed by atoms with E-state index in [0.29, 0.717) is 17.4 Å². The zero-order valence-corrected chi connectivity index (χ0v) is 20.4. The lowest BCUT2D eigenvalue weighted by atomic mass is 9.88. The minimum Gasteiger partial charge on any atom is -0.360 e. The summed E-state index contributed by atoms with van der Waals surface area (Å²) in [5, 5.41) is 10.0. The molecule has 1 atom stereocenters. The zero-order valence-electron chi connectivity index (χ0n) is 18.6. The molecule has 1 N–H and O–H groups in total. The van der Waals surface area contributed by atoms with Gasteiger partial charge in [0.05, 0.1) is 23.8 Å². The number of benzene rings is 2. The number of aryl methyl sites for hydroxylation is 1. The number of fused-ring (bicyclic) bond motifs is 2. The quantitative estimate of drug-likeness (QED) is 0.279. The van der Waals surface area contributed by atoms with E-state index in [2.05, 4.69) is 54.9 Å². The first kappa shape index (κ1) is 22.0. The number of aromatic nitrogens is 2. The van der Waals surface area contributed by atoms with E-state index in [1.807, 2.05) is 16.8 Å². The molecule has 0 saturated heterocycles. The molecule has 31 heavy (non-hydrogen) atoms. The van der Waals surface area contributed by atoms with Crippen LogP contribution < -0.4 is 5.32 Å². The maximum atomic E-state index is 7.46. The van der Waals surface area contributed by atoms with Crippen LogP contribution in [-0.2, 0) is 17.9 Å². The second-order valence-electron chi connectivity index (χ2n) is 9.45. The molecule has 4 rings (SSSR count). The number of hydrogen-bond acceptors (Lipinski definition) is 3. The lowest BCUT2D eigenvalue weighted by Crippen LogP contribution is -2.31. The van der Waals surface area contributed by atoms with Gasteiger partial charge in [-0.25, -0.2) is 9.53 Å². The number of hydrogen-bond donors (Lipinski definition) is 1. The van der Waals surface area contributed by atoms with Crippen molar-refractivity contribution >= 4 is 36.3 Å². The molecule has 162 valence electrons. The molecule has 0 amide bonds. The van der Waals surface area contributed by atoms with Gasteiger partial charge in [0, 0.05) is 31.6 Å². The molecule has 3 aromatic rings. The third-order valence-electron chi connectivity index (χ3n) is 5.93. The number of nitrogens with zero attached hydrogens (tertiary/aromatic N) is 3. The summed E-state index contributed by atoms with van der Waals surface area (Å²) in [5.74, 6) is 0. The Kier molecular flexibility index (Phi) is 6.22. The van der Waals surface area contributed by atoms with Crippen molar-refractivity contribution in [3.05, 3.63) is 69.2 Å². The van der Waals surface area contributed by atoms with Gasteiger partial charge in [0.25, 0.3) is 0 Å². The Morgan fingerprint density at radius 1 is 1.32 bits per heavy atom. The Morgan fingerprint density at radius 3 is 2.87 bits per heavy atom. The molecule has 1 aliphatic rings. The Morgan fingerprint density at radius 2 is 2.13 bits per heavy atom. The monoisotopic (exact) mass is 452 g/mol. The van der Waals surface area contributed by atoms with Crippen molar-refractivity contribution in [2.75, 3.05) is 13.2 Å². The van der Waals surface area contributed by atoms with Crippen molar-refractivity contribution in [2.24, 2.45) is 0 Å². The maximum Gasteiger partial charge on any atom is 0.207 e. The number of halogens is 1. The zero-order chi connectivity index (χ0) is 22.2. The van der Waals surface area contributed by atoms with E-state index >= 15 is 0 Å². The molecule has 0 bridgehead atoms. The molecule has 7 heteroatoms. The molecule has 1 aliphatic heterocycles. The lowest BCUT2D eigenvalue weighted by Gasteiger charge is -2.27. The van der Waals surface area contributed by atoms with Crippen molar-refractivity contribution in [1.29, 1.82) is 0 Å². The summed E-state index contributed by atoms with van der Waals surface area (Å²) in [6.45, 7) is 18.7. The van der Waals surface area contributed by atoms with E-state index in [0.717, 1.165) is 42.2 Å². The van der Waals surface area contributed by atoms with Crippen molar-refractivity contribution < 1.29 is 4.74 Å². The fraction of sp³-hybridized carbons (Fsp3) is 0.417. The summed E-state index contributed by atoms with van der Waals surface area (Å²) >= 11 is 6.43. The highest BCUT2D eigenvalue weighted by atomic mass is 35.5. The number of rotatable bonds is 6. The van der Waals surface area contributed by atoms with Gasteiger partial charge in [-0.05, 0) is 48.2 Å². The van der Waals surface area contributed by atoms with E-state index in [1.165, 1.54) is 16.7 Å². The molecule has 2 aromatic carbocycles. The largest absolute Gasteiger partial charge is 0.360 e. The van der Waals surface area contributed by atoms with Gasteiger partial charge >= 0.3 is 0 Å². The molecule has 1 aromatic heterocycles. The van der Waals surface area contributed by atoms with E-state index in [9.17, 15) is 0 Å². The standard InChI is InChI=1S/C24H29ClN4OSi/c1-16-7-6-8-18-17(16)9-10-27-23(18)24-19-13-20(25)21(26-2)14-22(19)29(28-24)15-30-11-12-31(3,4)5/h6-8,13-14,23,27H,9-12,15H2,1,3-5H3. The van der Waals surface area contributed by atoms with Crippen molar-refractivity contribution in [2.45, 2.75) is 51.8 Å². The van der Waals surface area contributed by atoms with Crippen molar-refractivity contribution in [3.63, 3.8) is 0 Å². The van der Waals surface area contributed by atoms with Crippen LogP contribution >= 0.6 is 11.6 Å². The molecular weight excluding hydrogens is 424 g/mol. The molecule has 2 heterocycles. The van der Waals surface area contributed by atoms with E-state index in [1.54, 1.807) is 0 Å². The predicted molar refractivity (Wildman–Crippen MR) is 130 cm³/mol. The first-order chi connectivity index (χ1) is 14.8. The summed E-state index contributed by atoms with van der Waals surface area (Å²) in [4.78, 5) is 3.59. The van der Waals surface area contributed by atoms with Gasteiger partial charge in [-0.2, -0.15) is 5.10 Å². The van der Waals surface area contributed by atoms with E-state index < -0.39 is 8.07 Å². The summed E-state index contributed by atoms with van der Waals surface area (Å²) in [5.41, 5.74) is 6.24. The second-order valence-corrected chi connectivity index (χ2v) is 15.5. The fourth-order valence-electron chi connectivity index (χ4n) is 4.17. The third-order valence-corrected chi connectivity index (χ3v) is 7.94. The van der Waals surface area contributed by atoms with Crippen LogP contribution in [0.5, 0.6) is 0 Å². The summed E-state index contributed by atoms with van der Waals surface area (Å²) < 4.78 is 7.88. The van der Waals surface area contributed by atoms with Crippen LogP contribution in [0.2, 0.25) is 30.7 Å². The van der Waals surface area contributed by atoms with Gasteiger partial charge in [0.1, 0.15) is 6.73 Å². The van der Waals surface area contributed by atoms with E-state index in [4.69, 9.17) is 28.0 Å². The van der Waals surface area contributed by atoms with Crippen LogP contribution in [0.1, 0.15) is 28.4 Å². The normalized spacial score (nSPS) is 16.3.